The zero-order valence-electron chi connectivity index (χ0n) is 20.0. The van der Waals surface area contributed by atoms with E-state index in [2.05, 4.69) is 18.2 Å². The topological polar surface area (TPSA) is 66.8 Å². The van der Waals surface area contributed by atoms with E-state index >= 15 is 0 Å². The molecule has 1 heterocycles. The minimum Gasteiger partial charge on any atom is -0.481 e. The van der Waals surface area contributed by atoms with Gasteiger partial charge in [0.15, 0.2) is 0 Å². The predicted molar refractivity (Wildman–Crippen MR) is 133 cm³/mol. The Kier molecular flexibility index (Phi) is 9.52. The van der Waals surface area contributed by atoms with Crippen LogP contribution in [-0.2, 0) is 14.9 Å². The maximum absolute atomic E-state index is 13.6. The first-order valence-electron chi connectivity index (χ1n) is 12.2. The Morgan fingerprint density at radius 2 is 2.06 bits per heavy atom. The van der Waals surface area contributed by atoms with Gasteiger partial charge in [-0.2, -0.15) is 0 Å². The van der Waals surface area contributed by atoms with E-state index in [1.54, 1.807) is 0 Å². The number of rotatable bonds is 12. The normalized spacial score (nSPS) is 28.7. The average Bonchev–Trinajstić information content (AvgIpc) is 3.36. The number of ether oxygens (including phenoxy) is 1. The summed E-state index contributed by atoms with van der Waals surface area (Å²) in [6, 6.07) is 6.76. The number of aliphatic hydroxyl groups is 1. The first kappa shape index (κ1) is 26.7. The Morgan fingerprint density at radius 3 is 2.74 bits per heavy atom. The highest BCUT2D eigenvalue weighted by atomic mass is 35.5. The lowest BCUT2D eigenvalue weighted by atomic mass is 9.69. The van der Waals surface area contributed by atoms with Crippen LogP contribution in [-0.4, -0.2) is 35.0 Å². The van der Waals surface area contributed by atoms with Crippen LogP contribution >= 0.6 is 11.6 Å². The fraction of sp³-hybridized carbons (Fsp3) is 0.536. The summed E-state index contributed by atoms with van der Waals surface area (Å²) in [6.45, 7) is 4.43. The van der Waals surface area contributed by atoms with Gasteiger partial charge in [0.05, 0.1) is 18.8 Å². The standard InChI is InChI=1S/C28H36ClFO4/c1-19(9-10-20(2)29)25(31)16-15-23-24(7-5-3-4-6-8-27(32)33)28(17-26(23)34-18-28)21-11-13-22(30)14-12-21/h3,5,10-16,19,23-26,31H,4,6-9,17-18H2,1-2H3,(H,32,33)/t19?,23-,24-,25-,26-,28-/m0/s1. The van der Waals surface area contributed by atoms with Gasteiger partial charge >= 0.3 is 5.97 Å². The number of carboxylic acids is 1. The molecule has 34 heavy (non-hydrogen) atoms. The second kappa shape index (κ2) is 12.1. The molecule has 2 fully saturated rings. The second-order valence-electron chi connectivity index (χ2n) is 9.77. The Morgan fingerprint density at radius 1 is 1.32 bits per heavy atom. The van der Waals surface area contributed by atoms with Gasteiger partial charge in [0, 0.05) is 22.8 Å². The number of fused-ring (bicyclic) bond motifs is 2. The molecule has 186 valence electrons. The molecule has 0 amide bonds. The summed E-state index contributed by atoms with van der Waals surface area (Å²) >= 11 is 5.93. The molecular formula is C28H36ClFO4. The molecule has 1 saturated carbocycles. The van der Waals surface area contributed by atoms with Gasteiger partial charge in [-0.3, -0.25) is 4.79 Å². The van der Waals surface area contributed by atoms with Gasteiger partial charge in [0.25, 0.3) is 0 Å². The summed E-state index contributed by atoms with van der Waals surface area (Å²) in [6.07, 6.45) is 13.5. The Labute approximate surface area is 207 Å². The lowest BCUT2D eigenvalue weighted by Crippen LogP contribution is -2.39. The minimum atomic E-state index is -0.774. The van der Waals surface area contributed by atoms with Crippen molar-refractivity contribution in [3.8, 4) is 0 Å². The van der Waals surface area contributed by atoms with Gasteiger partial charge in [-0.05, 0) is 68.6 Å². The van der Waals surface area contributed by atoms with Gasteiger partial charge in [-0.25, -0.2) is 4.39 Å². The summed E-state index contributed by atoms with van der Waals surface area (Å²) in [7, 11) is 0. The zero-order valence-corrected chi connectivity index (χ0v) is 20.8. The van der Waals surface area contributed by atoms with Gasteiger partial charge in [-0.1, -0.05) is 61.0 Å². The average molecular weight is 491 g/mol. The fourth-order valence-electron chi connectivity index (χ4n) is 5.35. The first-order chi connectivity index (χ1) is 16.2. The van der Waals surface area contributed by atoms with Gasteiger partial charge in [0.1, 0.15) is 5.82 Å². The van der Waals surface area contributed by atoms with Crippen molar-refractivity contribution in [2.45, 2.75) is 70.0 Å². The van der Waals surface area contributed by atoms with E-state index in [4.69, 9.17) is 21.4 Å². The molecule has 6 atom stereocenters. The maximum atomic E-state index is 13.6. The van der Waals surface area contributed by atoms with E-state index in [1.165, 1.54) is 12.1 Å². The smallest absolute Gasteiger partial charge is 0.303 e. The van der Waals surface area contributed by atoms with Crippen molar-refractivity contribution in [2.75, 3.05) is 6.61 Å². The number of hydrogen-bond acceptors (Lipinski definition) is 3. The third kappa shape index (κ3) is 6.59. The first-order valence-corrected chi connectivity index (χ1v) is 12.5. The number of benzene rings is 1. The highest BCUT2D eigenvalue weighted by Gasteiger charge is 2.58. The number of carboxylic acid groups (broad SMARTS) is 1. The second-order valence-corrected chi connectivity index (χ2v) is 10.4. The number of allylic oxidation sites excluding steroid dienone is 4. The SMILES string of the molecule is CC(Cl)=CCC(C)[C@@H](O)C=C[C@@H]1[C@@H]2C[C@@](c3ccc(F)cc3)(CO2)[C@H]1CC=CCCCC(=O)O. The molecule has 2 aliphatic rings. The Bertz CT molecular complexity index is 905. The molecule has 1 aromatic carbocycles. The molecule has 6 heteroatoms. The van der Waals surface area contributed by atoms with Crippen molar-refractivity contribution in [1.29, 1.82) is 0 Å². The summed E-state index contributed by atoms with van der Waals surface area (Å²) < 4.78 is 19.8. The largest absolute Gasteiger partial charge is 0.481 e. The Hall–Kier alpha value is -1.95. The van der Waals surface area contributed by atoms with E-state index in [0.717, 1.165) is 29.9 Å². The molecule has 1 aliphatic heterocycles. The Balaban J connectivity index is 1.77. The predicted octanol–water partition coefficient (Wildman–Crippen LogP) is 6.39. The van der Waals surface area contributed by atoms with Crippen LogP contribution in [0, 0.1) is 23.6 Å². The number of aliphatic carboxylic acids is 1. The molecule has 2 N–H and O–H groups in total. The lowest BCUT2D eigenvalue weighted by Gasteiger charge is -2.38. The zero-order chi connectivity index (χ0) is 24.7. The minimum absolute atomic E-state index is 0.0445. The molecule has 1 aromatic rings. The van der Waals surface area contributed by atoms with Crippen LogP contribution in [0.2, 0.25) is 0 Å². The molecule has 3 rings (SSSR count). The third-order valence-electron chi connectivity index (χ3n) is 7.35. The molecule has 0 spiro atoms. The molecule has 1 aliphatic carbocycles. The fourth-order valence-corrected chi connectivity index (χ4v) is 5.44. The number of hydrogen-bond donors (Lipinski definition) is 2. The summed E-state index contributed by atoms with van der Waals surface area (Å²) in [4.78, 5) is 10.7. The van der Waals surface area contributed by atoms with Crippen LogP contribution in [0.4, 0.5) is 4.39 Å². The van der Waals surface area contributed by atoms with Gasteiger partial charge in [0.2, 0.25) is 0 Å². The quantitative estimate of drug-likeness (QED) is 0.263. The van der Waals surface area contributed by atoms with Crippen LogP contribution in [0.25, 0.3) is 0 Å². The summed E-state index contributed by atoms with van der Waals surface area (Å²) in [5.41, 5.74) is 0.890. The monoisotopic (exact) mass is 490 g/mol. The number of halogens is 2. The number of aliphatic hydroxyl groups excluding tert-OH is 1. The summed E-state index contributed by atoms with van der Waals surface area (Å²) in [5, 5.41) is 20.2. The van der Waals surface area contributed by atoms with Crippen LogP contribution in [0.5, 0.6) is 0 Å². The van der Waals surface area contributed by atoms with Crippen LogP contribution < -0.4 is 0 Å². The van der Waals surface area contributed by atoms with E-state index in [-0.39, 0.29) is 41.5 Å². The molecule has 1 saturated heterocycles. The van der Waals surface area contributed by atoms with E-state index in [0.29, 0.717) is 19.4 Å². The lowest BCUT2D eigenvalue weighted by molar-refractivity contribution is -0.137. The van der Waals surface area contributed by atoms with Crippen molar-refractivity contribution in [2.24, 2.45) is 17.8 Å². The van der Waals surface area contributed by atoms with E-state index < -0.39 is 12.1 Å². The third-order valence-corrected chi connectivity index (χ3v) is 7.50. The molecule has 4 nitrogen and oxygen atoms in total. The van der Waals surface area contributed by atoms with Gasteiger partial charge in [-0.15, -0.1) is 0 Å². The van der Waals surface area contributed by atoms with Crippen molar-refractivity contribution >= 4 is 17.6 Å². The molecule has 0 radical (unpaired) electrons. The van der Waals surface area contributed by atoms with Gasteiger partial charge < -0.3 is 14.9 Å². The van der Waals surface area contributed by atoms with Crippen molar-refractivity contribution in [3.05, 3.63) is 71.1 Å². The van der Waals surface area contributed by atoms with Crippen molar-refractivity contribution in [3.63, 3.8) is 0 Å². The van der Waals surface area contributed by atoms with E-state index in [9.17, 15) is 14.3 Å². The summed E-state index contributed by atoms with van der Waals surface area (Å²) in [5.74, 6) is -0.601. The molecule has 1 unspecified atom stereocenters. The van der Waals surface area contributed by atoms with Crippen molar-refractivity contribution in [1.82, 2.24) is 0 Å². The van der Waals surface area contributed by atoms with Crippen LogP contribution in [0.3, 0.4) is 0 Å². The van der Waals surface area contributed by atoms with Crippen molar-refractivity contribution < 1.29 is 24.1 Å². The molecular weight excluding hydrogens is 455 g/mol. The maximum Gasteiger partial charge on any atom is 0.303 e. The number of carbonyl (C=O) groups is 1. The molecule has 2 bridgehead atoms. The van der Waals surface area contributed by atoms with Crippen LogP contribution in [0.1, 0.15) is 57.9 Å². The highest BCUT2D eigenvalue weighted by Crippen LogP contribution is 2.57. The highest BCUT2D eigenvalue weighted by molar-refractivity contribution is 6.29. The van der Waals surface area contributed by atoms with E-state index in [1.807, 2.05) is 38.1 Å². The molecule has 0 aromatic heterocycles. The van der Waals surface area contributed by atoms with Crippen LogP contribution in [0.15, 0.2) is 59.7 Å². The number of unbranched alkanes of at least 4 members (excludes halogenated alkanes) is 1.